The average Bonchev–Trinajstić information content (AvgIpc) is 2.68. The molecule has 0 radical (unpaired) electrons. The van der Waals surface area contributed by atoms with Crippen molar-refractivity contribution >= 4 is 23.5 Å². The molecule has 0 unspecified atom stereocenters. The summed E-state index contributed by atoms with van der Waals surface area (Å²) in [5, 5.41) is 13.4. The van der Waals surface area contributed by atoms with Crippen molar-refractivity contribution in [3.05, 3.63) is 33.9 Å². The van der Waals surface area contributed by atoms with Gasteiger partial charge in [-0.25, -0.2) is 9.59 Å². The monoisotopic (exact) mass is 382 g/mol. The summed E-state index contributed by atoms with van der Waals surface area (Å²) in [6.07, 6.45) is 0.620. The van der Waals surface area contributed by atoms with Gasteiger partial charge in [0.2, 0.25) is 0 Å². The third-order valence-electron chi connectivity index (χ3n) is 3.93. The van der Waals surface area contributed by atoms with E-state index in [4.69, 9.17) is 9.47 Å². The average molecular weight is 382 g/mol. The summed E-state index contributed by atoms with van der Waals surface area (Å²) in [4.78, 5) is 46.1. The molecule has 148 valence electrons. The van der Waals surface area contributed by atoms with E-state index >= 15 is 0 Å². The van der Waals surface area contributed by atoms with Crippen LogP contribution in [0.5, 0.6) is 5.75 Å². The zero-order chi connectivity index (χ0) is 20.6. The molecule has 0 saturated heterocycles. The van der Waals surface area contributed by atoms with Crippen molar-refractivity contribution in [3.8, 4) is 5.75 Å². The first-order valence-electron chi connectivity index (χ1n) is 8.11. The van der Waals surface area contributed by atoms with Gasteiger partial charge in [0.25, 0.3) is 5.91 Å². The fourth-order valence-corrected chi connectivity index (χ4v) is 2.19. The van der Waals surface area contributed by atoms with Crippen molar-refractivity contribution in [1.29, 1.82) is 0 Å². The lowest BCUT2D eigenvalue weighted by atomic mass is 9.99. The summed E-state index contributed by atoms with van der Waals surface area (Å²) in [6.45, 7) is 2.97. The number of hydrogen-bond acceptors (Lipinski definition) is 8. The zero-order valence-corrected chi connectivity index (χ0v) is 15.5. The van der Waals surface area contributed by atoms with Crippen molar-refractivity contribution in [2.75, 3.05) is 20.8 Å². The maximum atomic E-state index is 12.0. The third kappa shape index (κ3) is 5.94. The Morgan fingerprint density at radius 1 is 1.26 bits per heavy atom. The molecule has 0 saturated carbocycles. The van der Waals surface area contributed by atoms with E-state index in [0.717, 1.165) is 6.07 Å². The number of esters is 2. The number of ether oxygens (including phenoxy) is 3. The number of nitrogens with zero attached hydrogens (tertiary/aromatic N) is 1. The van der Waals surface area contributed by atoms with Gasteiger partial charge in [0.1, 0.15) is 6.04 Å². The van der Waals surface area contributed by atoms with Crippen LogP contribution in [0.4, 0.5) is 5.69 Å². The van der Waals surface area contributed by atoms with Gasteiger partial charge in [-0.1, -0.05) is 20.3 Å². The lowest BCUT2D eigenvalue weighted by Crippen LogP contribution is -2.47. The Labute approximate surface area is 155 Å². The number of rotatable bonds is 9. The van der Waals surface area contributed by atoms with Gasteiger partial charge >= 0.3 is 17.6 Å². The van der Waals surface area contributed by atoms with Crippen molar-refractivity contribution in [2.24, 2.45) is 5.92 Å². The van der Waals surface area contributed by atoms with E-state index in [-0.39, 0.29) is 17.2 Å². The van der Waals surface area contributed by atoms with E-state index in [1.54, 1.807) is 6.92 Å². The second-order valence-corrected chi connectivity index (χ2v) is 5.67. The molecule has 0 aliphatic heterocycles. The first kappa shape index (κ1) is 21.9. The number of nitro groups is 1. The largest absolute Gasteiger partial charge is 0.490 e. The first-order valence-corrected chi connectivity index (χ1v) is 8.11. The van der Waals surface area contributed by atoms with E-state index < -0.39 is 41.1 Å². The highest BCUT2D eigenvalue weighted by atomic mass is 16.6. The molecule has 10 heteroatoms. The topological polar surface area (TPSA) is 134 Å². The molecule has 0 bridgehead atoms. The first-order chi connectivity index (χ1) is 12.7. The number of carbonyl (C=O) groups excluding carboxylic acids is 3. The van der Waals surface area contributed by atoms with Crippen molar-refractivity contribution in [3.63, 3.8) is 0 Å². The maximum Gasteiger partial charge on any atom is 0.338 e. The second kappa shape index (κ2) is 10.1. The van der Waals surface area contributed by atoms with Crippen LogP contribution in [0.25, 0.3) is 0 Å². The molecule has 1 amide bonds. The van der Waals surface area contributed by atoms with E-state index in [9.17, 15) is 24.5 Å². The number of hydrogen-bond donors (Lipinski definition) is 1. The number of methoxy groups -OCH3 is 2. The normalized spacial score (nSPS) is 12.4. The minimum atomic E-state index is -0.922. The highest BCUT2D eigenvalue weighted by molar-refractivity contribution is 5.93. The SMILES string of the molecule is CC[C@@H](C)[C@H](NC(=O)COC(=O)c1ccc(OC)c([N+](=O)[O-])c1)C(=O)OC. The second-order valence-electron chi connectivity index (χ2n) is 5.67. The van der Waals surface area contributed by atoms with Gasteiger partial charge in [-0.3, -0.25) is 14.9 Å². The lowest BCUT2D eigenvalue weighted by molar-refractivity contribution is -0.385. The van der Waals surface area contributed by atoms with Crippen molar-refractivity contribution in [2.45, 2.75) is 26.3 Å². The van der Waals surface area contributed by atoms with E-state index in [1.165, 1.54) is 26.4 Å². The predicted molar refractivity (Wildman–Crippen MR) is 93.3 cm³/mol. The Balaban J connectivity index is 2.76. The van der Waals surface area contributed by atoms with Crippen LogP contribution >= 0.6 is 0 Å². The van der Waals surface area contributed by atoms with Crippen LogP contribution in [-0.4, -0.2) is 49.6 Å². The molecular weight excluding hydrogens is 360 g/mol. The molecule has 0 aliphatic rings. The molecule has 1 rings (SSSR count). The fourth-order valence-electron chi connectivity index (χ4n) is 2.19. The standard InChI is InChI=1S/C17H22N2O8/c1-5-10(2)15(17(22)26-4)18-14(20)9-27-16(21)11-6-7-13(25-3)12(8-11)19(23)24/h6-8,10,15H,5,9H2,1-4H3,(H,18,20)/t10-,15+/m1/s1. The van der Waals surface area contributed by atoms with E-state index in [0.29, 0.717) is 6.42 Å². The number of nitrogens with one attached hydrogen (secondary N) is 1. The van der Waals surface area contributed by atoms with Gasteiger partial charge in [-0.15, -0.1) is 0 Å². The highest BCUT2D eigenvalue weighted by Crippen LogP contribution is 2.27. The molecule has 27 heavy (non-hydrogen) atoms. The van der Waals surface area contributed by atoms with Crippen LogP contribution in [-0.2, 0) is 19.1 Å². The molecule has 10 nitrogen and oxygen atoms in total. The van der Waals surface area contributed by atoms with Crippen LogP contribution in [0.3, 0.4) is 0 Å². The van der Waals surface area contributed by atoms with E-state index in [1.807, 2.05) is 6.92 Å². The number of amides is 1. The third-order valence-corrected chi connectivity index (χ3v) is 3.93. The van der Waals surface area contributed by atoms with Gasteiger partial charge in [0.15, 0.2) is 12.4 Å². The van der Waals surface area contributed by atoms with Crippen LogP contribution < -0.4 is 10.1 Å². The summed E-state index contributed by atoms with van der Waals surface area (Å²) < 4.78 is 14.4. The minimum absolute atomic E-state index is 0.0104. The van der Waals surface area contributed by atoms with Crippen LogP contribution in [0, 0.1) is 16.0 Å². The van der Waals surface area contributed by atoms with Gasteiger partial charge in [-0.05, 0) is 18.1 Å². The molecule has 1 aromatic rings. The molecule has 1 N–H and O–H groups in total. The maximum absolute atomic E-state index is 12.0. The Morgan fingerprint density at radius 2 is 1.93 bits per heavy atom. The number of carbonyl (C=O) groups is 3. The molecular formula is C17H22N2O8. The summed E-state index contributed by atoms with van der Waals surface area (Å²) >= 11 is 0. The molecule has 0 heterocycles. The molecule has 0 aromatic heterocycles. The fraction of sp³-hybridized carbons (Fsp3) is 0.471. The van der Waals surface area contributed by atoms with Gasteiger partial charge in [-0.2, -0.15) is 0 Å². The van der Waals surface area contributed by atoms with Crippen LogP contribution in [0.2, 0.25) is 0 Å². The summed E-state index contributed by atoms with van der Waals surface area (Å²) in [7, 11) is 2.47. The van der Waals surface area contributed by atoms with E-state index in [2.05, 4.69) is 10.1 Å². The number of benzene rings is 1. The number of nitro benzene ring substituents is 1. The summed E-state index contributed by atoms with van der Waals surface area (Å²) in [5.41, 5.74) is -0.513. The Morgan fingerprint density at radius 3 is 2.44 bits per heavy atom. The minimum Gasteiger partial charge on any atom is -0.490 e. The smallest absolute Gasteiger partial charge is 0.338 e. The molecule has 0 aliphatic carbocycles. The van der Waals surface area contributed by atoms with Crippen LogP contribution in [0.1, 0.15) is 30.6 Å². The molecule has 1 aromatic carbocycles. The predicted octanol–water partition coefficient (Wildman–Crippen LogP) is 1.46. The van der Waals surface area contributed by atoms with Gasteiger partial charge in [0.05, 0.1) is 24.7 Å². The summed E-state index contributed by atoms with van der Waals surface area (Å²) in [5.74, 6) is -2.41. The molecule has 0 fully saturated rings. The summed E-state index contributed by atoms with van der Waals surface area (Å²) in [6, 6.07) is 2.66. The van der Waals surface area contributed by atoms with Crippen molar-refractivity contribution < 1.29 is 33.5 Å². The Hall–Kier alpha value is -3.17. The highest BCUT2D eigenvalue weighted by Gasteiger charge is 2.27. The molecule has 2 atom stereocenters. The van der Waals surface area contributed by atoms with Crippen molar-refractivity contribution in [1.82, 2.24) is 5.32 Å². The molecule has 0 spiro atoms. The Bertz CT molecular complexity index is 719. The van der Waals surface area contributed by atoms with Crippen LogP contribution in [0.15, 0.2) is 18.2 Å². The van der Waals surface area contributed by atoms with Gasteiger partial charge in [0, 0.05) is 6.07 Å². The Kier molecular flexibility index (Phi) is 8.18. The lowest BCUT2D eigenvalue weighted by Gasteiger charge is -2.21. The zero-order valence-electron chi connectivity index (χ0n) is 15.5. The van der Waals surface area contributed by atoms with Gasteiger partial charge < -0.3 is 19.5 Å². The quantitative estimate of drug-likeness (QED) is 0.385.